The number of hydrogen-bond acceptors (Lipinski definition) is 4. The summed E-state index contributed by atoms with van der Waals surface area (Å²) in [6, 6.07) is 17.2. The van der Waals surface area contributed by atoms with E-state index in [-0.39, 0.29) is 11.5 Å². The molecule has 6 heteroatoms. The van der Waals surface area contributed by atoms with Gasteiger partial charge in [-0.1, -0.05) is 49.6 Å². The molecule has 2 unspecified atom stereocenters. The number of carboxylic acid groups (broad SMARTS) is 1. The molecular weight excluding hydrogens is 428 g/mol. The van der Waals surface area contributed by atoms with Gasteiger partial charge in [-0.3, -0.25) is 0 Å². The van der Waals surface area contributed by atoms with Gasteiger partial charge >= 0.3 is 5.97 Å². The summed E-state index contributed by atoms with van der Waals surface area (Å²) in [4.78, 5) is 17.0. The first-order chi connectivity index (χ1) is 16.6. The van der Waals surface area contributed by atoms with Crippen LogP contribution in [0.25, 0.3) is 0 Å². The molecule has 1 saturated carbocycles. The van der Waals surface area contributed by atoms with E-state index in [0.29, 0.717) is 18.3 Å². The van der Waals surface area contributed by atoms with Crippen LogP contribution < -0.4 is 9.64 Å². The van der Waals surface area contributed by atoms with Crippen molar-refractivity contribution in [2.75, 3.05) is 20.2 Å². The molecule has 2 aromatic carbocycles. The lowest BCUT2D eigenvalue weighted by molar-refractivity contribution is -0.895. The maximum atomic E-state index is 10.9. The third-order valence-corrected chi connectivity index (χ3v) is 6.71. The fourth-order valence-electron chi connectivity index (χ4n) is 4.94. The van der Waals surface area contributed by atoms with Crippen LogP contribution in [0, 0.1) is 5.92 Å². The molecule has 2 N–H and O–H groups in total. The highest BCUT2D eigenvalue weighted by Crippen LogP contribution is 2.40. The van der Waals surface area contributed by atoms with Crippen molar-refractivity contribution in [3.05, 3.63) is 83.6 Å². The monoisotopic (exact) mass is 463 g/mol. The second-order valence-electron chi connectivity index (χ2n) is 9.37. The van der Waals surface area contributed by atoms with Gasteiger partial charge in [0.2, 0.25) is 5.89 Å². The summed E-state index contributed by atoms with van der Waals surface area (Å²) >= 11 is 0. The Kier molecular flexibility index (Phi) is 8.36. The minimum absolute atomic E-state index is 0.233. The molecule has 1 aliphatic carbocycles. The number of rotatable bonds is 11. The molecule has 1 aromatic heterocycles. The first-order valence-corrected chi connectivity index (χ1v) is 12.4. The topological polar surface area (TPSA) is 77.0 Å². The molecule has 0 aliphatic heterocycles. The van der Waals surface area contributed by atoms with Crippen LogP contribution in [-0.2, 0) is 6.54 Å². The van der Waals surface area contributed by atoms with Crippen LogP contribution >= 0.6 is 0 Å². The summed E-state index contributed by atoms with van der Waals surface area (Å²) in [6.45, 7) is 2.31. The Hall–Kier alpha value is -3.12. The van der Waals surface area contributed by atoms with E-state index in [2.05, 4.69) is 37.4 Å². The normalized spacial score (nSPS) is 16.1. The first-order valence-electron chi connectivity index (χ1n) is 12.4. The lowest BCUT2D eigenvalue weighted by Crippen LogP contribution is -3.07. The molecule has 0 saturated heterocycles. The Bertz CT molecular complexity index is 1030. The Balaban J connectivity index is 1.29. The predicted molar refractivity (Wildman–Crippen MR) is 130 cm³/mol. The van der Waals surface area contributed by atoms with Crippen LogP contribution in [0.1, 0.15) is 72.0 Å². The van der Waals surface area contributed by atoms with Crippen molar-refractivity contribution >= 4 is 5.97 Å². The van der Waals surface area contributed by atoms with Gasteiger partial charge in [0.15, 0.2) is 5.76 Å². The minimum Gasteiger partial charge on any atom is -0.493 e. The van der Waals surface area contributed by atoms with Crippen molar-refractivity contribution in [2.45, 2.75) is 51.0 Å². The van der Waals surface area contributed by atoms with Crippen LogP contribution in [-0.4, -0.2) is 36.3 Å². The number of hydrogen-bond donors (Lipinski definition) is 2. The second kappa shape index (κ2) is 11.8. The molecule has 0 amide bonds. The zero-order valence-electron chi connectivity index (χ0n) is 19.9. The van der Waals surface area contributed by atoms with E-state index in [9.17, 15) is 4.79 Å². The third-order valence-electron chi connectivity index (χ3n) is 6.71. The zero-order chi connectivity index (χ0) is 23.8. The van der Waals surface area contributed by atoms with Crippen LogP contribution in [0.2, 0.25) is 0 Å². The molecule has 3 aromatic rings. The Morgan fingerprint density at radius 3 is 2.56 bits per heavy atom. The van der Waals surface area contributed by atoms with Gasteiger partial charge in [-0.05, 0) is 48.6 Å². The molecule has 34 heavy (non-hydrogen) atoms. The maximum absolute atomic E-state index is 10.9. The van der Waals surface area contributed by atoms with Crippen molar-refractivity contribution in [3.8, 4) is 5.75 Å². The Morgan fingerprint density at radius 1 is 1.12 bits per heavy atom. The van der Waals surface area contributed by atoms with E-state index in [1.54, 1.807) is 24.3 Å². The Labute approximate surface area is 201 Å². The SMILES string of the molecule is C[NH+](CCCOc1ccc(C(=O)O)cc1)Cc1cnc(C(c2ccccc2)C2CCCCC2)o1. The number of aromatic carboxylic acids is 1. The van der Waals surface area contributed by atoms with Gasteiger partial charge < -0.3 is 19.2 Å². The summed E-state index contributed by atoms with van der Waals surface area (Å²) in [5, 5.41) is 8.97. The highest BCUT2D eigenvalue weighted by molar-refractivity contribution is 5.87. The van der Waals surface area contributed by atoms with E-state index in [0.717, 1.165) is 31.2 Å². The number of nitrogens with one attached hydrogen (secondary N) is 1. The zero-order valence-corrected chi connectivity index (χ0v) is 19.9. The van der Waals surface area contributed by atoms with E-state index in [4.69, 9.17) is 19.2 Å². The van der Waals surface area contributed by atoms with Gasteiger partial charge in [0.25, 0.3) is 0 Å². The van der Waals surface area contributed by atoms with Crippen LogP contribution in [0.3, 0.4) is 0 Å². The molecule has 0 bridgehead atoms. The van der Waals surface area contributed by atoms with Crippen LogP contribution in [0.15, 0.2) is 65.2 Å². The molecular formula is C28H35N2O4+. The van der Waals surface area contributed by atoms with E-state index in [1.165, 1.54) is 42.6 Å². The molecule has 6 nitrogen and oxygen atoms in total. The summed E-state index contributed by atoms with van der Waals surface area (Å²) < 4.78 is 12.1. The van der Waals surface area contributed by atoms with Crippen molar-refractivity contribution < 1.29 is 24.0 Å². The molecule has 4 rings (SSSR count). The highest BCUT2D eigenvalue weighted by atomic mass is 16.5. The van der Waals surface area contributed by atoms with Gasteiger partial charge in [-0.2, -0.15) is 0 Å². The van der Waals surface area contributed by atoms with Crippen LogP contribution in [0.5, 0.6) is 5.75 Å². The van der Waals surface area contributed by atoms with Crippen molar-refractivity contribution in [1.82, 2.24) is 4.98 Å². The van der Waals surface area contributed by atoms with E-state index < -0.39 is 5.97 Å². The number of nitrogens with zero attached hydrogens (tertiary/aromatic N) is 1. The molecule has 0 radical (unpaired) electrons. The average molecular weight is 464 g/mol. The fraction of sp³-hybridized carbons (Fsp3) is 0.429. The van der Waals surface area contributed by atoms with Gasteiger partial charge in [0.1, 0.15) is 12.3 Å². The highest BCUT2D eigenvalue weighted by Gasteiger charge is 2.30. The number of benzene rings is 2. The average Bonchev–Trinajstić information content (AvgIpc) is 3.31. The number of quaternary nitrogens is 1. The smallest absolute Gasteiger partial charge is 0.335 e. The lowest BCUT2D eigenvalue weighted by Gasteiger charge is -2.28. The number of ether oxygens (including phenoxy) is 1. The lowest BCUT2D eigenvalue weighted by atomic mass is 9.77. The molecule has 1 fully saturated rings. The molecule has 0 spiro atoms. The summed E-state index contributed by atoms with van der Waals surface area (Å²) in [6.07, 6.45) is 9.18. The molecule has 180 valence electrons. The van der Waals surface area contributed by atoms with E-state index >= 15 is 0 Å². The third kappa shape index (κ3) is 6.48. The van der Waals surface area contributed by atoms with Gasteiger partial charge in [-0.15, -0.1) is 0 Å². The van der Waals surface area contributed by atoms with Gasteiger partial charge in [0.05, 0.1) is 37.9 Å². The summed E-state index contributed by atoms with van der Waals surface area (Å²) in [5.41, 5.74) is 1.57. The standard InChI is InChI=1S/C28H34N2O4/c1-30(17-8-18-33-24-15-13-23(14-16-24)28(31)32)20-25-19-29-27(34-25)26(21-9-4-2-5-10-21)22-11-6-3-7-12-22/h2,4-5,9-10,13-16,19,22,26H,3,6-8,11-12,17-18,20H2,1H3,(H,31,32)/p+1. The summed E-state index contributed by atoms with van der Waals surface area (Å²) in [7, 11) is 2.15. The molecule has 1 aliphatic rings. The predicted octanol–water partition coefficient (Wildman–Crippen LogP) is 4.57. The second-order valence-corrected chi connectivity index (χ2v) is 9.37. The van der Waals surface area contributed by atoms with Crippen molar-refractivity contribution in [3.63, 3.8) is 0 Å². The number of carboxylic acids is 1. The number of oxazole rings is 1. The summed E-state index contributed by atoms with van der Waals surface area (Å²) in [5.74, 6) is 2.37. The van der Waals surface area contributed by atoms with Crippen molar-refractivity contribution in [2.24, 2.45) is 5.92 Å². The Morgan fingerprint density at radius 2 is 1.85 bits per heavy atom. The first kappa shape index (κ1) is 24.0. The van der Waals surface area contributed by atoms with Gasteiger partial charge in [-0.25, -0.2) is 9.78 Å². The minimum atomic E-state index is -0.929. The molecule has 1 heterocycles. The van der Waals surface area contributed by atoms with E-state index in [1.807, 2.05) is 6.20 Å². The quantitative estimate of drug-likeness (QED) is 0.408. The largest absolute Gasteiger partial charge is 0.493 e. The van der Waals surface area contributed by atoms with Gasteiger partial charge in [0, 0.05) is 6.42 Å². The fourth-order valence-corrected chi connectivity index (χ4v) is 4.94. The van der Waals surface area contributed by atoms with Crippen molar-refractivity contribution in [1.29, 1.82) is 0 Å². The maximum Gasteiger partial charge on any atom is 0.335 e. The van der Waals surface area contributed by atoms with Crippen LogP contribution in [0.4, 0.5) is 0 Å². The number of carbonyl (C=O) groups is 1. The number of aromatic nitrogens is 1. The molecule has 2 atom stereocenters.